The van der Waals surface area contributed by atoms with E-state index in [-0.39, 0.29) is 17.0 Å². The van der Waals surface area contributed by atoms with Crippen molar-refractivity contribution in [1.29, 1.82) is 0 Å². The maximum absolute atomic E-state index is 12.8. The minimum absolute atomic E-state index is 0.0344. The van der Waals surface area contributed by atoms with Gasteiger partial charge in [0.25, 0.3) is 0 Å². The van der Waals surface area contributed by atoms with Crippen LogP contribution in [0.1, 0.15) is 130 Å². The lowest BCUT2D eigenvalue weighted by Crippen LogP contribution is -2.53. The Morgan fingerprint density at radius 2 is 1.64 bits per heavy atom. The fraction of sp³-hybridized carbons (Fsp3) is 0.867. The van der Waals surface area contributed by atoms with Crippen LogP contribution in [0.5, 0.6) is 0 Å². The second kappa shape index (κ2) is 10.6. The van der Waals surface area contributed by atoms with E-state index < -0.39 is 0 Å². The number of hydrogen-bond acceptors (Lipinski definition) is 3. The van der Waals surface area contributed by atoms with Crippen molar-refractivity contribution < 1.29 is 14.3 Å². The summed E-state index contributed by atoms with van der Waals surface area (Å²) in [6.45, 7) is 6.93. The summed E-state index contributed by atoms with van der Waals surface area (Å²) in [5.74, 6) is 3.17. The van der Waals surface area contributed by atoms with Gasteiger partial charge in [-0.05, 0) is 88.0 Å². The highest BCUT2D eigenvalue weighted by Crippen LogP contribution is 2.65. The summed E-state index contributed by atoms with van der Waals surface area (Å²) >= 11 is 0. The number of rotatable bonds is 10. The molecule has 0 radical (unpaired) electrons. The van der Waals surface area contributed by atoms with Gasteiger partial charge in [-0.2, -0.15) is 0 Å². The van der Waals surface area contributed by atoms with E-state index in [4.69, 9.17) is 4.74 Å². The van der Waals surface area contributed by atoms with Gasteiger partial charge in [-0.15, -0.1) is 0 Å². The monoisotopic (exact) mass is 456 g/mol. The maximum Gasteiger partial charge on any atom is 0.306 e. The molecular formula is C30H48O3. The highest BCUT2D eigenvalue weighted by atomic mass is 16.6. The normalized spacial score (nSPS) is 37.7. The Labute approximate surface area is 202 Å². The van der Waals surface area contributed by atoms with E-state index in [9.17, 15) is 9.59 Å². The molecule has 4 unspecified atom stereocenters. The summed E-state index contributed by atoms with van der Waals surface area (Å²) in [4.78, 5) is 24.8. The van der Waals surface area contributed by atoms with Crippen LogP contribution in [0.2, 0.25) is 0 Å². The molecule has 0 aliphatic heterocycles. The molecule has 3 saturated carbocycles. The molecule has 3 fully saturated rings. The Hall–Kier alpha value is -1.12. The molecule has 0 amide bonds. The summed E-state index contributed by atoms with van der Waals surface area (Å²) in [7, 11) is 0. The zero-order chi connectivity index (χ0) is 23.5. The van der Waals surface area contributed by atoms with E-state index in [0.717, 1.165) is 56.8 Å². The van der Waals surface area contributed by atoms with Crippen LogP contribution in [0.25, 0.3) is 0 Å². The fourth-order valence-corrected chi connectivity index (χ4v) is 8.28. The first kappa shape index (κ1) is 25.0. The quantitative estimate of drug-likeness (QED) is 0.247. The number of ketones is 1. The van der Waals surface area contributed by atoms with Crippen molar-refractivity contribution in [3.05, 3.63) is 11.6 Å². The minimum Gasteiger partial charge on any atom is -0.459 e. The van der Waals surface area contributed by atoms with Crippen LogP contribution in [0.3, 0.4) is 0 Å². The van der Waals surface area contributed by atoms with Gasteiger partial charge in [-0.1, -0.05) is 64.4 Å². The van der Waals surface area contributed by atoms with Crippen molar-refractivity contribution in [2.75, 3.05) is 0 Å². The lowest BCUT2D eigenvalue weighted by Gasteiger charge is -2.55. The Morgan fingerprint density at radius 1 is 0.909 bits per heavy atom. The third-order valence-electron chi connectivity index (χ3n) is 10.4. The Balaban J connectivity index is 1.29. The van der Waals surface area contributed by atoms with Gasteiger partial charge in [0.15, 0.2) is 5.78 Å². The van der Waals surface area contributed by atoms with Crippen molar-refractivity contribution in [3.8, 4) is 0 Å². The largest absolute Gasteiger partial charge is 0.459 e. The summed E-state index contributed by atoms with van der Waals surface area (Å²) in [6.07, 6.45) is 21.4. The van der Waals surface area contributed by atoms with Gasteiger partial charge in [0, 0.05) is 18.3 Å². The Morgan fingerprint density at radius 3 is 2.39 bits per heavy atom. The van der Waals surface area contributed by atoms with Crippen LogP contribution < -0.4 is 0 Å². The highest BCUT2D eigenvalue weighted by Gasteiger charge is 2.62. The van der Waals surface area contributed by atoms with E-state index in [1.165, 1.54) is 63.4 Å². The second-order valence-electron chi connectivity index (χ2n) is 12.2. The zero-order valence-electron chi connectivity index (χ0n) is 21.6. The van der Waals surface area contributed by atoms with Gasteiger partial charge in [-0.25, -0.2) is 0 Å². The van der Waals surface area contributed by atoms with E-state index in [2.05, 4.69) is 20.8 Å². The van der Waals surface area contributed by atoms with Gasteiger partial charge in [-0.3, -0.25) is 9.59 Å². The van der Waals surface area contributed by atoms with Gasteiger partial charge in [0.05, 0.1) is 0 Å². The van der Waals surface area contributed by atoms with Crippen LogP contribution in [0.4, 0.5) is 0 Å². The number of fused-ring (bicyclic) bond motifs is 5. The SMILES string of the molecule is CCCCCCCCCCC(=O)O[C@@]1(C)CCC2C3CCC4=CC(=O)CCC4C3CC[C@@]21C. The molecule has 0 saturated heterocycles. The molecule has 4 aliphatic rings. The van der Waals surface area contributed by atoms with Crippen molar-refractivity contribution in [2.24, 2.45) is 29.1 Å². The van der Waals surface area contributed by atoms with Crippen LogP contribution in [-0.2, 0) is 14.3 Å². The molecule has 6 atom stereocenters. The molecule has 0 bridgehead atoms. The van der Waals surface area contributed by atoms with Crippen molar-refractivity contribution >= 4 is 11.8 Å². The first-order chi connectivity index (χ1) is 15.9. The number of hydrogen-bond donors (Lipinski definition) is 0. The molecule has 3 nitrogen and oxygen atoms in total. The standard InChI is InChI=1S/C30H48O3/c1-4-5-6-7-8-9-10-11-12-28(32)33-30(3)20-18-27-26-15-13-22-21-23(31)14-16-24(22)25(26)17-19-29(27,30)2/h21,24-27H,4-20H2,1-3H3/t24?,25?,26?,27?,29-,30-/m0/s1. The molecule has 4 rings (SSSR count). The maximum atomic E-state index is 12.8. The van der Waals surface area contributed by atoms with Crippen molar-refractivity contribution in [2.45, 2.75) is 136 Å². The predicted molar refractivity (Wildman–Crippen MR) is 134 cm³/mol. The first-order valence-corrected chi connectivity index (χ1v) is 14.3. The number of esters is 1. The number of allylic oxidation sites excluding steroid dienone is 1. The lowest BCUT2D eigenvalue weighted by molar-refractivity contribution is -0.178. The number of carbonyl (C=O) groups is 2. The van der Waals surface area contributed by atoms with E-state index in [1.807, 2.05) is 6.08 Å². The summed E-state index contributed by atoms with van der Waals surface area (Å²) < 4.78 is 6.34. The molecule has 0 heterocycles. The predicted octanol–water partition coefficient (Wildman–Crippen LogP) is 7.96. The van der Waals surface area contributed by atoms with Crippen molar-refractivity contribution in [1.82, 2.24) is 0 Å². The molecule has 0 N–H and O–H groups in total. The second-order valence-corrected chi connectivity index (χ2v) is 12.2. The molecular weight excluding hydrogens is 408 g/mol. The third kappa shape index (κ3) is 5.13. The average Bonchev–Trinajstić information content (AvgIpc) is 3.05. The van der Waals surface area contributed by atoms with Gasteiger partial charge in [0.1, 0.15) is 5.60 Å². The lowest BCUT2D eigenvalue weighted by atomic mass is 9.51. The van der Waals surface area contributed by atoms with Gasteiger partial charge >= 0.3 is 5.97 Å². The molecule has 0 aromatic heterocycles. The summed E-state index contributed by atoms with van der Waals surface area (Å²) in [6, 6.07) is 0. The molecule has 186 valence electrons. The third-order valence-corrected chi connectivity index (χ3v) is 10.4. The molecule has 33 heavy (non-hydrogen) atoms. The topological polar surface area (TPSA) is 43.4 Å². The minimum atomic E-state index is -0.307. The van der Waals surface area contributed by atoms with Gasteiger partial charge in [0.2, 0.25) is 0 Å². The number of unbranched alkanes of at least 4 members (excludes halogenated alkanes) is 7. The van der Waals surface area contributed by atoms with Crippen LogP contribution in [0.15, 0.2) is 11.6 Å². The van der Waals surface area contributed by atoms with Crippen molar-refractivity contribution in [3.63, 3.8) is 0 Å². The van der Waals surface area contributed by atoms with Gasteiger partial charge < -0.3 is 4.74 Å². The fourth-order valence-electron chi connectivity index (χ4n) is 8.28. The summed E-state index contributed by atoms with van der Waals surface area (Å²) in [5, 5.41) is 0. The zero-order valence-corrected chi connectivity index (χ0v) is 21.6. The van der Waals surface area contributed by atoms with Crippen LogP contribution in [0, 0.1) is 29.1 Å². The smallest absolute Gasteiger partial charge is 0.306 e. The van der Waals surface area contributed by atoms with Crippen LogP contribution in [-0.4, -0.2) is 17.4 Å². The Kier molecular flexibility index (Phi) is 8.06. The number of carbonyl (C=O) groups excluding carboxylic acids is 2. The summed E-state index contributed by atoms with van der Waals surface area (Å²) in [5.41, 5.74) is 1.25. The van der Waals surface area contributed by atoms with Crippen LogP contribution >= 0.6 is 0 Å². The van der Waals surface area contributed by atoms with E-state index in [1.54, 1.807) is 0 Å². The Bertz CT molecular complexity index is 739. The highest BCUT2D eigenvalue weighted by molar-refractivity contribution is 5.91. The molecule has 0 spiro atoms. The van der Waals surface area contributed by atoms with E-state index in [0.29, 0.717) is 24.0 Å². The van der Waals surface area contributed by atoms with E-state index >= 15 is 0 Å². The molecule has 3 heteroatoms. The first-order valence-electron chi connectivity index (χ1n) is 14.3. The molecule has 4 aliphatic carbocycles. The molecule has 0 aromatic rings. The average molecular weight is 457 g/mol. The molecule has 0 aromatic carbocycles. The number of ether oxygens (including phenoxy) is 1.